The van der Waals surface area contributed by atoms with Crippen LogP contribution in [-0.4, -0.2) is 4.57 Å². The van der Waals surface area contributed by atoms with Crippen LogP contribution in [0, 0.1) is 0 Å². The molecule has 1 aromatic heterocycles. The van der Waals surface area contributed by atoms with Crippen molar-refractivity contribution in [2.75, 3.05) is 4.90 Å². The van der Waals surface area contributed by atoms with Gasteiger partial charge in [0.1, 0.15) is 0 Å². The van der Waals surface area contributed by atoms with Gasteiger partial charge in [-0.25, -0.2) is 0 Å². The first-order valence-electron chi connectivity index (χ1n) is 21.6. The van der Waals surface area contributed by atoms with Gasteiger partial charge >= 0.3 is 0 Å². The minimum Gasteiger partial charge on any atom is -0.310 e. The van der Waals surface area contributed by atoms with Gasteiger partial charge in [-0.1, -0.05) is 112 Å². The monoisotopic (exact) mass is 770 g/mol. The van der Waals surface area contributed by atoms with Gasteiger partial charge in [-0.15, -0.1) is 0 Å². The fraction of sp³-hybridized carbons (Fsp3) is 0.138. The van der Waals surface area contributed by atoms with Gasteiger partial charge in [-0.05, 0) is 182 Å². The molecule has 2 aliphatic carbocycles. The number of fused-ring (bicyclic) bond motifs is 10. The summed E-state index contributed by atoms with van der Waals surface area (Å²) in [6.45, 7) is 6.88. The third-order valence-corrected chi connectivity index (χ3v) is 13.4. The van der Waals surface area contributed by atoms with Crippen molar-refractivity contribution in [2.45, 2.75) is 51.9 Å². The zero-order chi connectivity index (χ0) is 40.1. The van der Waals surface area contributed by atoms with E-state index in [0.717, 1.165) is 12.8 Å². The summed E-state index contributed by atoms with van der Waals surface area (Å²) in [7, 11) is 0. The lowest BCUT2D eigenvalue weighted by Crippen LogP contribution is -2.15. The Hall–Kier alpha value is -6.90. The summed E-state index contributed by atoms with van der Waals surface area (Å²) in [5.41, 5.74) is 19.6. The first kappa shape index (κ1) is 35.1. The molecular weight excluding hydrogens is 725 g/mol. The van der Waals surface area contributed by atoms with Gasteiger partial charge in [0.2, 0.25) is 0 Å². The highest BCUT2D eigenvalue weighted by atomic mass is 15.1. The van der Waals surface area contributed by atoms with Crippen molar-refractivity contribution in [3.63, 3.8) is 0 Å². The molecule has 10 aromatic rings. The first-order valence-corrected chi connectivity index (χ1v) is 21.6. The molecular formula is C58H46N2. The van der Waals surface area contributed by atoms with Crippen molar-refractivity contribution in [2.24, 2.45) is 0 Å². The Morgan fingerprint density at radius 1 is 0.433 bits per heavy atom. The lowest BCUT2D eigenvalue weighted by Gasteiger charge is -2.31. The Morgan fingerprint density at radius 2 is 0.967 bits per heavy atom. The molecule has 288 valence electrons. The van der Waals surface area contributed by atoms with Crippen LogP contribution in [0.4, 0.5) is 17.1 Å². The maximum Gasteiger partial charge on any atom is 0.0542 e. The van der Waals surface area contributed by atoms with E-state index in [1.807, 2.05) is 0 Å². The number of aryl methyl sites for hydroxylation is 2. The maximum absolute atomic E-state index is 2.51. The Morgan fingerprint density at radius 3 is 1.60 bits per heavy atom. The molecule has 0 unspecified atom stereocenters. The van der Waals surface area contributed by atoms with Crippen LogP contribution >= 0.6 is 0 Å². The van der Waals surface area contributed by atoms with Crippen molar-refractivity contribution in [3.05, 3.63) is 193 Å². The van der Waals surface area contributed by atoms with Gasteiger partial charge in [-0.2, -0.15) is 0 Å². The number of nitrogens with zero attached hydrogens (tertiary/aromatic N) is 2. The summed E-state index contributed by atoms with van der Waals surface area (Å²) in [5, 5.41) is 7.63. The highest BCUT2D eigenvalue weighted by molar-refractivity contribution is 6.13. The van der Waals surface area contributed by atoms with E-state index in [1.165, 1.54) is 129 Å². The van der Waals surface area contributed by atoms with Crippen molar-refractivity contribution in [1.82, 2.24) is 4.57 Å². The molecule has 1 heterocycles. The Bertz CT molecular complexity index is 3290. The molecule has 0 saturated carbocycles. The largest absolute Gasteiger partial charge is 0.310 e. The Kier molecular flexibility index (Phi) is 7.78. The molecule has 0 amide bonds. The number of benzene rings is 9. The number of aromatic nitrogens is 1. The van der Waals surface area contributed by atoms with E-state index in [4.69, 9.17) is 0 Å². The predicted octanol–water partition coefficient (Wildman–Crippen LogP) is 16.1. The van der Waals surface area contributed by atoms with Crippen LogP contribution in [0.25, 0.3) is 82.4 Å². The number of rotatable bonds is 5. The summed E-state index contributed by atoms with van der Waals surface area (Å²) >= 11 is 0. The van der Waals surface area contributed by atoms with Crippen molar-refractivity contribution < 1.29 is 0 Å². The summed E-state index contributed by atoms with van der Waals surface area (Å²) < 4.78 is 2.41. The minimum absolute atomic E-state index is 0.0749. The third kappa shape index (κ3) is 5.54. The number of hydrogen-bond acceptors (Lipinski definition) is 1. The predicted molar refractivity (Wildman–Crippen MR) is 256 cm³/mol. The number of anilines is 3. The van der Waals surface area contributed by atoms with Crippen molar-refractivity contribution in [1.29, 1.82) is 0 Å². The first-order chi connectivity index (χ1) is 29.4. The van der Waals surface area contributed by atoms with Crippen LogP contribution in [0.3, 0.4) is 0 Å². The molecule has 2 nitrogen and oxygen atoms in total. The highest BCUT2D eigenvalue weighted by Crippen LogP contribution is 2.52. The van der Waals surface area contributed by atoms with E-state index in [0.29, 0.717) is 0 Å². The second-order valence-electron chi connectivity index (χ2n) is 18.1. The third-order valence-electron chi connectivity index (χ3n) is 13.4. The summed E-state index contributed by atoms with van der Waals surface area (Å²) in [4.78, 5) is 2.51. The van der Waals surface area contributed by atoms with Gasteiger partial charge in [-0.3, -0.25) is 0 Å². The van der Waals surface area contributed by atoms with Crippen LogP contribution in [0.15, 0.2) is 176 Å². The van der Waals surface area contributed by atoms with Crippen LogP contribution < -0.4 is 4.90 Å². The SMILES string of the molecule is CC(C)(C)c1ccc(N(c2ccc3cc4c(cc3c2)-c2cc3ccc(-n5c6ccccc6c6ccccc65)cc3cc2-4)c2cc3c(cc2-c2ccccc2)CCCC3)cc1. The van der Waals surface area contributed by atoms with Crippen LogP contribution in [-0.2, 0) is 18.3 Å². The molecule has 0 bridgehead atoms. The van der Waals surface area contributed by atoms with Gasteiger partial charge in [0.25, 0.3) is 0 Å². The summed E-state index contributed by atoms with van der Waals surface area (Å²) in [6.07, 6.45) is 4.79. The maximum atomic E-state index is 2.51. The minimum atomic E-state index is 0.0749. The molecule has 2 aliphatic rings. The lowest BCUT2D eigenvalue weighted by atomic mass is 9.78. The smallest absolute Gasteiger partial charge is 0.0542 e. The van der Waals surface area contributed by atoms with E-state index in [9.17, 15) is 0 Å². The molecule has 9 aromatic carbocycles. The second-order valence-corrected chi connectivity index (χ2v) is 18.1. The lowest BCUT2D eigenvalue weighted by molar-refractivity contribution is 0.590. The van der Waals surface area contributed by atoms with E-state index >= 15 is 0 Å². The van der Waals surface area contributed by atoms with Crippen molar-refractivity contribution in [3.8, 4) is 39.1 Å². The van der Waals surface area contributed by atoms with Crippen LogP contribution in [0.2, 0.25) is 0 Å². The Balaban J connectivity index is 0.978. The molecule has 2 heteroatoms. The molecule has 0 saturated heterocycles. The fourth-order valence-corrected chi connectivity index (χ4v) is 10.2. The second kappa shape index (κ2) is 13.3. The molecule has 0 aliphatic heterocycles. The van der Waals surface area contributed by atoms with Gasteiger partial charge in [0.05, 0.1) is 16.7 Å². The highest BCUT2D eigenvalue weighted by Gasteiger charge is 2.26. The molecule has 12 rings (SSSR count). The normalized spacial score (nSPS) is 13.3. The van der Waals surface area contributed by atoms with Crippen LogP contribution in [0.1, 0.15) is 50.3 Å². The summed E-state index contributed by atoms with van der Waals surface area (Å²) in [6, 6.07) is 66.5. The quantitative estimate of drug-likeness (QED) is 0.169. The standard InChI is InChI=1S/C58H46N2/c1-58(2,3)44-23-27-45(28-24-44)59(57-36-39-16-8-7-15-38(39)31-50(57)37-13-5-4-6-14-37)46-25-21-40-32-51-53(34-42(40)29-46)52-33-41-22-26-47(30-43(41)35-54(51)52)60-55-19-11-9-17-48(55)49-18-10-12-20-56(49)60/h4-6,9-14,17-36H,7-8,15-16H2,1-3H3. The van der Waals surface area contributed by atoms with Gasteiger partial charge < -0.3 is 9.47 Å². The van der Waals surface area contributed by atoms with Crippen molar-refractivity contribution >= 4 is 60.4 Å². The zero-order valence-electron chi connectivity index (χ0n) is 34.5. The van der Waals surface area contributed by atoms with Gasteiger partial charge in [0, 0.05) is 33.4 Å². The summed E-state index contributed by atoms with van der Waals surface area (Å²) in [5.74, 6) is 0. The van der Waals surface area contributed by atoms with Gasteiger partial charge in [0.15, 0.2) is 0 Å². The average Bonchev–Trinajstić information content (AvgIpc) is 3.62. The molecule has 0 spiro atoms. The Labute approximate surface area is 352 Å². The molecule has 60 heavy (non-hydrogen) atoms. The van der Waals surface area contributed by atoms with E-state index in [-0.39, 0.29) is 5.41 Å². The molecule has 0 radical (unpaired) electrons. The fourth-order valence-electron chi connectivity index (χ4n) is 10.2. The number of para-hydroxylation sites is 2. The van der Waals surface area contributed by atoms with E-state index in [1.54, 1.807) is 0 Å². The van der Waals surface area contributed by atoms with E-state index < -0.39 is 0 Å². The zero-order valence-corrected chi connectivity index (χ0v) is 34.5. The molecule has 0 fully saturated rings. The number of hydrogen-bond donors (Lipinski definition) is 0. The average molecular weight is 771 g/mol. The topological polar surface area (TPSA) is 8.17 Å². The molecule has 0 N–H and O–H groups in total. The van der Waals surface area contributed by atoms with E-state index in [2.05, 4.69) is 206 Å². The van der Waals surface area contributed by atoms with Crippen LogP contribution in [0.5, 0.6) is 0 Å². The molecule has 0 atom stereocenters.